The van der Waals surface area contributed by atoms with Crippen molar-refractivity contribution in [1.82, 2.24) is 0 Å². The van der Waals surface area contributed by atoms with Gasteiger partial charge in [0.15, 0.2) is 0 Å². The summed E-state index contributed by atoms with van der Waals surface area (Å²) in [4.78, 5) is 2.89. The van der Waals surface area contributed by atoms with E-state index in [0.717, 1.165) is 6.42 Å². The van der Waals surface area contributed by atoms with Gasteiger partial charge in [0.05, 0.1) is 0 Å². The fourth-order valence-corrected chi connectivity index (χ4v) is 4.53. The molecule has 0 aliphatic carbocycles. The fraction of sp³-hybridized carbons (Fsp3) is 0.278. The van der Waals surface area contributed by atoms with E-state index in [9.17, 15) is 0 Å². The average molecular weight is 268 g/mol. The van der Waals surface area contributed by atoms with E-state index in [0.29, 0.717) is 0 Å². The summed E-state index contributed by atoms with van der Waals surface area (Å²) >= 11 is 0. The Bertz CT molecular complexity index is 649. The van der Waals surface area contributed by atoms with Crippen LogP contribution in [0, 0.1) is 27.7 Å². The van der Waals surface area contributed by atoms with Crippen molar-refractivity contribution < 1.29 is 0 Å². The summed E-state index contributed by atoms with van der Waals surface area (Å²) in [5.41, 5.74) is 8.49. The van der Waals surface area contributed by atoms with Gasteiger partial charge in [0.25, 0.3) is 0 Å². The largest absolute Gasteiger partial charge is 0.130 e. The minimum atomic E-state index is -0.0272. The molecule has 3 rings (SSSR count). The van der Waals surface area contributed by atoms with Crippen LogP contribution in [0.5, 0.6) is 0 Å². The molecule has 1 heterocycles. The summed E-state index contributed by atoms with van der Waals surface area (Å²) in [6.07, 6.45) is 1.06. The fourth-order valence-electron chi connectivity index (χ4n) is 2.76. The van der Waals surface area contributed by atoms with Gasteiger partial charge in [-0.1, -0.05) is 18.0 Å². The highest BCUT2D eigenvalue weighted by Crippen LogP contribution is 2.45. The standard InChI is InChI=1S/C18H20S/c1-11-6-15-10-16-7-12(2)14(4)9-18(16)19(5)17(15)8-13(11)3/h6-9H,5,10H2,1-4H3. The molecule has 0 amide bonds. The molecule has 0 saturated carbocycles. The third-order valence-electron chi connectivity index (χ3n) is 4.27. The molecule has 1 aliphatic heterocycles. The predicted octanol–water partition coefficient (Wildman–Crippen LogP) is 4.94. The second kappa shape index (κ2) is 4.35. The molecule has 2 aromatic rings. The van der Waals surface area contributed by atoms with Crippen LogP contribution in [-0.2, 0) is 6.42 Å². The van der Waals surface area contributed by atoms with Crippen molar-refractivity contribution in [2.24, 2.45) is 0 Å². The minimum absolute atomic E-state index is 0.0272. The Morgan fingerprint density at radius 2 is 1.11 bits per heavy atom. The summed E-state index contributed by atoms with van der Waals surface area (Å²) in [7, 11) is -0.0272. The van der Waals surface area contributed by atoms with Crippen LogP contribution in [0.4, 0.5) is 0 Å². The molecule has 1 aliphatic rings. The smallest absolute Gasteiger partial charge is 0.00947 e. The van der Waals surface area contributed by atoms with Gasteiger partial charge in [-0.05, 0) is 79.6 Å². The average Bonchev–Trinajstić information content (AvgIpc) is 2.35. The van der Waals surface area contributed by atoms with E-state index in [2.05, 4.69) is 57.8 Å². The summed E-state index contributed by atoms with van der Waals surface area (Å²) in [6, 6.07) is 9.40. The van der Waals surface area contributed by atoms with Crippen LogP contribution in [0.1, 0.15) is 33.4 Å². The van der Waals surface area contributed by atoms with Crippen LogP contribution in [0.25, 0.3) is 0 Å². The predicted molar refractivity (Wildman–Crippen MR) is 85.9 cm³/mol. The maximum Gasteiger partial charge on any atom is 0.00947 e. The molecule has 0 spiro atoms. The van der Waals surface area contributed by atoms with Crippen LogP contribution >= 0.6 is 10.5 Å². The number of fused-ring (bicyclic) bond motifs is 2. The molecular weight excluding hydrogens is 248 g/mol. The molecule has 0 atom stereocenters. The zero-order valence-corrected chi connectivity index (χ0v) is 12.9. The molecule has 0 radical (unpaired) electrons. The van der Waals surface area contributed by atoms with Gasteiger partial charge < -0.3 is 0 Å². The molecule has 0 aromatic heterocycles. The highest BCUT2D eigenvalue weighted by molar-refractivity contribution is 8.14. The highest BCUT2D eigenvalue weighted by atomic mass is 32.2. The van der Waals surface area contributed by atoms with Gasteiger partial charge in [-0.25, -0.2) is 0 Å². The zero-order valence-electron chi connectivity index (χ0n) is 12.1. The van der Waals surface area contributed by atoms with Gasteiger partial charge in [-0.15, -0.1) is 10.5 Å². The Hall–Kier alpha value is -1.34. The van der Waals surface area contributed by atoms with Crippen molar-refractivity contribution in [3.05, 3.63) is 57.6 Å². The van der Waals surface area contributed by atoms with Crippen molar-refractivity contribution in [2.45, 2.75) is 43.9 Å². The van der Waals surface area contributed by atoms with Crippen LogP contribution in [0.15, 0.2) is 34.1 Å². The van der Waals surface area contributed by atoms with Crippen LogP contribution in [-0.4, -0.2) is 5.87 Å². The Balaban J connectivity index is 2.23. The number of hydrogen-bond donors (Lipinski definition) is 0. The molecule has 19 heavy (non-hydrogen) atoms. The van der Waals surface area contributed by atoms with Gasteiger partial charge in [0.2, 0.25) is 0 Å². The Morgan fingerprint density at radius 3 is 1.53 bits per heavy atom. The van der Waals surface area contributed by atoms with Crippen molar-refractivity contribution in [3.63, 3.8) is 0 Å². The van der Waals surface area contributed by atoms with Gasteiger partial charge in [0, 0.05) is 9.79 Å². The molecule has 0 bridgehead atoms. The van der Waals surface area contributed by atoms with E-state index < -0.39 is 0 Å². The number of hydrogen-bond acceptors (Lipinski definition) is 0. The first-order valence-corrected chi connectivity index (χ1v) is 8.11. The van der Waals surface area contributed by atoms with Crippen molar-refractivity contribution in [1.29, 1.82) is 0 Å². The van der Waals surface area contributed by atoms with E-state index in [1.807, 2.05) is 0 Å². The summed E-state index contributed by atoms with van der Waals surface area (Å²) in [5.74, 6) is 4.45. The first-order chi connectivity index (χ1) is 8.97. The molecule has 1 heteroatoms. The lowest BCUT2D eigenvalue weighted by atomic mass is 9.97. The van der Waals surface area contributed by atoms with Crippen molar-refractivity contribution in [2.75, 3.05) is 0 Å². The van der Waals surface area contributed by atoms with E-state index >= 15 is 0 Å². The topological polar surface area (TPSA) is 0 Å². The van der Waals surface area contributed by atoms with Crippen LogP contribution in [0.3, 0.4) is 0 Å². The summed E-state index contributed by atoms with van der Waals surface area (Å²) in [5, 5.41) is 0. The van der Waals surface area contributed by atoms with E-state index in [-0.39, 0.29) is 10.5 Å². The second-order valence-corrected chi connectivity index (χ2v) is 7.32. The number of benzene rings is 2. The highest BCUT2D eigenvalue weighted by Gasteiger charge is 2.19. The Labute approximate surface area is 118 Å². The monoisotopic (exact) mass is 268 g/mol. The van der Waals surface area contributed by atoms with Crippen LogP contribution in [0.2, 0.25) is 0 Å². The minimum Gasteiger partial charge on any atom is -0.130 e. The van der Waals surface area contributed by atoms with E-state index in [4.69, 9.17) is 0 Å². The molecule has 0 nitrogen and oxygen atoms in total. The maximum absolute atomic E-state index is 4.45. The number of rotatable bonds is 0. The molecule has 0 fully saturated rings. The van der Waals surface area contributed by atoms with Gasteiger partial charge >= 0.3 is 0 Å². The summed E-state index contributed by atoms with van der Waals surface area (Å²) in [6.45, 7) is 8.80. The zero-order chi connectivity index (χ0) is 13.7. The molecule has 2 aromatic carbocycles. The molecule has 0 unspecified atom stereocenters. The molecule has 0 N–H and O–H groups in total. The van der Waals surface area contributed by atoms with E-state index in [1.165, 1.54) is 43.2 Å². The molecule has 0 saturated heterocycles. The molecule has 98 valence electrons. The van der Waals surface area contributed by atoms with Gasteiger partial charge in [0.1, 0.15) is 0 Å². The summed E-state index contributed by atoms with van der Waals surface area (Å²) < 4.78 is 0. The third-order valence-corrected chi connectivity index (χ3v) is 6.09. The van der Waals surface area contributed by atoms with Crippen molar-refractivity contribution >= 4 is 16.4 Å². The van der Waals surface area contributed by atoms with E-state index in [1.54, 1.807) is 0 Å². The lowest BCUT2D eigenvalue weighted by Crippen LogP contribution is -2.04. The van der Waals surface area contributed by atoms with Gasteiger partial charge in [-0.3, -0.25) is 0 Å². The number of aryl methyl sites for hydroxylation is 4. The third kappa shape index (κ3) is 1.97. The van der Waals surface area contributed by atoms with Crippen LogP contribution < -0.4 is 0 Å². The molecular formula is C18H20S. The Kier molecular flexibility index (Phi) is 2.90. The van der Waals surface area contributed by atoms with Gasteiger partial charge in [-0.2, -0.15) is 0 Å². The second-order valence-electron chi connectivity index (χ2n) is 5.66. The first-order valence-electron chi connectivity index (χ1n) is 6.71. The normalized spacial score (nSPS) is 14.1. The lowest BCUT2D eigenvalue weighted by molar-refractivity contribution is 1.02. The van der Waals surface area contributed by atoms with Crippen molar-refractivity contribution in [3.8, 4) is 0 Å². The SMILES string of the molecule is C=S1c2cc(C)c(C)cc2Cc2cc(C)c(C)cc21. The quantitative estimate of drug-likeness (QED) is 0.506. The lowest BCUT2D eigenvalue weighted by Gasteiger charge is -2.25. The first kappa shape index (κ1) is 12.7. The Morgan fingerprint density at radius 1 is 0.737 bits per heavy atom. The maximum atomic E-state index is 4.45.